The number of nitrogens with zero attached hydrogens (tertiary/aromatic N) is 10. The molecule has 0 aromatic rings. The summed E-state index contributed by atoms with van der Waals surface area (Å²) in [6.45, 7) is 37.3. The maximum absolute atomic E-state index is 14.5. The van der Waals surface area contributed by atoms with Gasteiger partial charge in [-0.15, -0.1) is 0 Å². The zero-order valence-electron chi connectivity index (χ0n) is 72.9. The molecule has 6 N–H and O–H groups in total. The molecule has 116 heavy (non-hydrogen) atoms. The topological polar surface area (TPSA) is 446 Å². The second kappa shape index (κ2) is 47.7. The summed E-state index contributed by atoms with van der Waals surface area (Å²) in [5.74, 6) is -6.87. The predicted molar refractivity (Wildman–Crippen MR) is 431 cm³/mol. The van der Waals surface area contributed by atoms with Gasteiger partial charge >= 0.3 is 36.3 Å². The number of rotatable bonds is 28. The Morgan fingerprint density at radius 1 is 0.612 bits per heavy atom. The molecule has 26 atom stereocenters. The first-order valence-corrected chi connectivity index (χ1v) is 40.9. The van der Waals surface area contributed by atoms with Gasteiger partial charge in [0.05, 0.1) is 47.7 Å². The predicted octanol–water partition coefficient (Wildman–Crippen LogP) is 8.78. The molecule has 662 valence electrons. The summed E-state index contributed by atoms with van der Waals surface area (Å²) >= 11 is 0. The Kier molecular flexibility index (Phi) is 41.7. The molecule has 4 amide bonds. The van der Waals surface area contributed by atoms with E-state index < -0.39 is 162 Å². The molecule has 0 radical (unpaired) electrons. The first-order chi connectivity index (χ1) is 54.8. The van der Waals surface area contributed by atoms with E-state index >= 15 is 0 Å². The van der Waals surface area contributed by atoms with Crippen molar-refractivity contribution in [2.45, 2.75) is 282 Å². The Morgan fingerprint density at radius 3 is 1.34 bits per heavy atom. The second-order valence-corrected chi connectivity index (χ2v) is 33.0. The van der Waals surface area contributed by atoms with Gasteiger partial charge in [0.1, 0.15) is 43.4 Å². The van der Waals surface area contributed by atoms with E-state index in [2.05, 4.69) is 66.3 Å². The van der Waals surface area contributed by atoms with Crippen molar-refractivity contribution in [1.82, 2.24) is 40.9 Å². The monoisotopic (exact) mass is 1650 g/mol. The SMILES string of the molecule is C=CCOC(=O)NCC1CC(N(C)C)C(C)[C@H](O[C@@H]2[C@@H](C)C(=O)[C@@H](C)C(=O)O[C@H](CC)[C@@]3(C)OC(=O)N(CCCCN=[N+]=[N-])[C@@H]3[C@@H](C)NC[C@H](C)C[C@@]2(C)OC)O1.C=CCOC(=O)NCC1CC(N(C)C)C(O)[C@H](O[C@@H]2[C@@H](C)C(=O)[C@@H](C)C(=O)O[C@H](CC)[C@@]3(C)OC(=O)N(CCCCN=[N+]=[N-])[C@@H]3[C@@H](C)NC[C@H](C)C[C@@]2(C)OC)O1.CO. The molecule has 0 saturated carbocycles. The fourth-order valence-electron chi connectivity index (χ4n) is 17.5. The molecule has 0 bridgehead atoms. The summed E-state index contributed by atoms with van der Waals surface area (Å²) in [4.78, 5) is 121. The smallest absolute Gasteiger partial charge is 0.410 e. The number of hydrogen-bond acceptors (Lipinski definition) is 28. The van der Waals surface area contributed by atoms with Crippen LogP contribution in [0.3, 0.4) is 0 Å². The number of ketones is 2. The lowest BCUT2D eigenvalue weighted by Crippen LogP contribution is -2.61. The molecule has 6 aliphatic heterocycles. The summed E-state index contributed by atoms with van der Waals surface area (Å²) in [7, 11) is 11.7. The van der Waals surface area contributed by atoms with Crippen LogP contribution in [-0.2, 0) is 76.0 Å². The number of likely N-dealkylation sites (N-methyl/N-ethyl adjacent to an activating group) is 1. The van der Waals surface area contributed by atoms with Gasteiger partial charge in [-0.25, -0.2) is 19.2 Å². The number of hydrogen-bond donors (Lipinski definition) is 6. The van der Waals surface area contributed by atoms with E-state index in [-0.39, 0.29) is 68.0 Å². The van der Waals surface area contributed by atoms with Gasteiger partial charge in [-0.05, 0) is 184 Å². The number of fused-ring (bicyclic) bond motifs is 2. The maximum Gasteiger partial charge on any atom is 0.410 e. The number of amides is 4. The number of ether oxygens (including phenoxy) is 12. The molecule has 0 spiro atoms. The Morgan fingerprint density at radius 2 is 0.983 bits per heavy atom. The molecule has 0 aliphatic carbocycles. The van der Waals surface area contributed by atoms with Gasteiger partial charge in [0, 0.05) is 112 Å². The molecular formula is C80H140N14O22. The van der Waals surface area contributed by atoms with Crippen LogP contribution in [-0.4, -0.2) is 307 Å². The van der Waals surface area contributed by atoms with Crippen LogP contribution in [0.1, 0.15) is 168 Å². The highest BCUT2D eigenvalue weighted by molar-refractivity contribution is 6.00. The number of methoxy groups -OCH3 is 2. The van der Waals surface area contributed by atoms with E-state index in [0.717, 1.165) is 7.11 Å². The number of Topliss-reactive ketones (excluding diaryl/α,β-unsaturated/α-hetero) is 2. The fourth-order valence-corrected chi connectivity index (χ4v) is 17.5. The van der Waals surface area contributed by atoms with Crippen molar-refractivity contribution >= 4 is 47.9 Å². The quantitative estimate of drug-likeness (QED) is 0.00622. The largest absolute Gasteiger partial charge is 0.458 e. The third-order valence-electron chi connectivity index (χ3n) is 23.8. The minimum absolute atomic E-state index is 0.00633. The Balaban J connectivity index is 0.000000478. The van der Waals surface area contributed by atoms with Crippen molar-refractivity contribution in [2.75, 3.05) is 115 Å². The molecule has 6 rings (SSSR count). The third-order valence-corrected chi connectivity index (χ3v) is 23.8. The fraction of sp³-hybridized carbons (Fsp3) is 0.850. The van der Waals surface area contributed by atoms with E-state index in [4.69, 9.17) is 73.0 Å². The molecule has 36 heteroatoms. The van der Waals surface area contributed by atoms with Crippen molar-refractivity contribution in [3.63, 3.8) is 0 Å². The number of aliphatic hydroxyl groups excluding tert-OH is 2. The van der Waals surface area contributed by atoms with Crippen molar-refractivity contribution in [1.29, 1.82) is 0 Å². The zero-order valence-corrected chi connectivity index (χ0v) is 72.9. The first kappa shape index (κ1) is 101. The summed E-state index contributed by atoms with van der Waals surface area (Å²) in [6, 6.07) is -2.17. The number of carbonyl (C=O) groups excluding carboxylic acids is 8. The van der Waals surface area contributed by atoms with Crippen molar-refractivity contribution < 1.29 is 105 Å². The highest BCUT2D eigenvalue weighted by atomic mass is 16.7. The number of cyclic esters (lactones) is 2. The van der Waals surface area contributed by atoms with Crippen molar-refractivity contribution in [3.05, 3.63) is 46.2 Å². The molecule has 6 fully saturated rings. The van der Waals surface area contributed by atoms with E-state index in [1.165, 1.54) is 33.1 Å². The lowest BCUT2D eigenvalue weighted by Gasteiger charge is -2.47. The van der Waals surface area contributed by atoms with Gasteiger partial charge in [0.25, 0.3) is 0 Å². The average molecular weight is 1650 g/mol. The average Bonchev–Trinajstić information content (AvgIpc) is 1.60. The van der Waals surface area contributed by atoms with E-state index in [0.29, 0.717) is 103 Å². The second-order valence-electron chi connectivity index (χ2n) is 33.0. The van der Waals surface area contributed by atoms with E-state index in [9.17, 15) is 43.5 Å². The number of esters is 2. The third kappa shape index (κ3) is 26.5. The van der Waals surface area contributed by atoms with Crippen LogP contribution in [0.5, 0.6) is 0 Å². The summed E-state index contributed by atoms with van der Waals surface area (Å²) in [6.07, 6.45) is -2.47. The van der Waals surface area contributed by atoms with Crippen LogP contribution >= 0.6 is 0 Å². The van der Waals surface area contributed by atoms with Crippen LogP contribution in [0.25, 0.3) is 20.9 Å². The Hall–Kier alpha value is -7.02. The van der Waals surface area contributed by atoms with E-state index in [1.54, 1.807) is 44.6 Å². The lowest BCUT2D eigenvalue weighted by molar-refractivity contribution is -0.296. The van der Waals surface area contributed by atoms with Gasteiger partial charge in [-0.3, -0.25) is 29.0 Å². The van der Waals surface area contributed by atoms with Crippen molar-refractivity contribution in [3.8, 4) is 0 Å². The normalized spacial score (nSPS) is 36.3. The molecular weight excluding hydrogens is 1510 g/mol. The van der Waals surface area contributed by atoms with E-state index in [1.807, 2.05) is 88.5 Å². The number of carbonyl (C=O) groups is 8. The highest BCUT2D eigenvalue weighted by Crippen LogP contribution is 2.44. The minimum atomic E-state index is -1.27. The molecule has 6 saturated heterocycles. The number of nitrogens with one attached hydrogen (secondary N) is 4. The maximum atomic E-state index is 14.5. The standard InChI is InChI=1S/C40H69N7O10.C39H67N7O11.CH4O/c1-13-19-53-37(50)43-23-29-20-30(46(10)11)25(4)36(54-29)56-34-26(5)32(48)27(6)35(49)55-31(14-2)40(9)33(28(7)42-22-24(3)21-39(34,8)52-12)47(38(51)57-40)18-16-15-17-44-45-41;1-12-18-53-36(50)42-22-27-19-28(45(9)10)31(48)35(54-27)56-33-24(4)30(47)25(5)34(49)55-29(13-2)39(8)32(26(6)41-21-23(3)20-38(33,7)52-11)46(37(51)57-39)17-15-14-16-43-44-40;1-2/h13,24-31,33-34,36,42H,1,14-23H2,2-12H3,(H,43,50);12,23-29,31-33,35,41,48H,1,13-22H2,2-11H3,(H,42,50);2H,1H3/t24-,25?,26+,27-,28-,29?,30?,31-,33-,34-,36+,39-,40-;23-,24+,25-,26-,27?,28?,29-,31?,32-,33-,35+,38-,39-;/m11./s1. The molecule has 0 aromatic heterocycles. The molecule has 6 heterocycles. The minimum Gasteiger partial charge on any atom is -0.458 e. The van der Waals surface area contributed by atoms with Gasteiger partial charge in [0.15, 0.2) is 35.3 Å². The molecule has 6 aliphatic rings. The van der Waals surface area contributed by atoms with Gasteiger partial charge < -0.3 is 98.1 Å². The molecule has 36 nitrogen and oxygen atoms in total. The zero-order chi connectivity index (χ0) is 87.3. The van der Waals surface area contributed by atoms with Crippen molar-refractivity contribution in [2.24, 2.45) is 51.7 Å². The van der Waals surface area contributed by atoms with Crippen LogP contribution in [0.4, 0.5) is 19.2 Å². The summed E-state index contributed by atoms with van der Waals surface area (Å²) in [5, 5.41) is 38.5. The molecule has 6 unspecified atom stereocenters. The lowest BCUT2D eigenvalue weighted by atomic mass is 9.78. The number of unbranched alkanes of at least 4 members (excludes halogenated alkanes) is 2. The van der Waals surface area contributed by atoms with Gasteiger partial charge in [0.2, 0.25) is 0 Å². The molecule has 0 aromatic carbocycles. The van der Waals surface area contributed by atoms with Gasteiger partial charge in [-0.1, -0.05) is 84.0 Å². The number of alkyl carbamates (subject to hydrolysis) is 2. The van der Waals surface area contributed by atoms with Crippen LogP contribution in [0.15, 0.2) is 35.5 Å². The number of azide groups is 2. The first-order valence-electron chi connectivity index (χ1n) is 40.9. The van der Waals surface area contributed by atoms with Crippen LogP contribution in [0, 0.1) is 41.4 Å². The Bertz CT molecular complexity index is 3070. The van der Waals surface area contributed by atoms with Gasteiger partial charge in [-0.2, -0.15) is 0 Å². The van der Waals surface area contributed by atoms with Crippen LogP contribution < -0.4 is 21.3 Å². The Labute approximate surface area is 686 Å². The number of aliphatic hydroxyl groups is 2. The summed E-state index contributed by atoms with van der Waals surface area (Å²) in [5.41, 5.74) is 12.7. The highest BCUT2D eigenvalue weighted by Gasteiger charge is 2.61. The van der Waals surface area contributed by atoms with Crippen LogP contribution in [0.2, 0.25) is 0 Å². The summed E-state index contributed by atoms with van der Waals surface area (Å²) < 4.78 is 73.6.